The van der Waals surface area contributed by atoms with Gasteiger partial charge >= 0.3 is 29.9 Å². The van der Waals surface area contributed by atoms with Crippen molar-refractivity contribution in [3.63, 3.8) is 0 Å². The molecular weight excluding hydrogens is 321 g/mol. The number of halogens is 11. The van der Waals surface area contributed by atoms with Crippen LogP contribution in [0.4, 0.5) is 48.3 Å². The molecule has 0 bridgehead atoms. The van der Waals surface area contributed by atoms with Gasteiger partial charge in [0.15, 0.2) is 0 Å². The molecule has 0 aliphatic rings. The molecule has 1 unspecified atom stereocenters. The van der Waals surface area contributed by atoms with Crippen LogP contribution >= 0.6 is 0 Å². The Bertz CT molecular complexity index is 325. The molecule has 0 heterocycles. The Morgan fingerprint density at radius 2 is 1.05 bits per heavy atom. The Labute approximate surface area is 104 Å². The predicted molar refractivity (Wildman–Crippen MR) is 41.8 cm³/mol. The van der Waals surface area contributed by atoms with Gasteiger partial charge in [-0.25, -0.2) is 4.39 Å². The number of hydrogen-bond acceptors (Lipinski definition) is 1. The summed E-state index contributed by atoms with van der Waals surface area (Å²) in [5.41, 5.74) is -7.48. The highest BCUT2D eigenvalue weighted by molar-refractivity contribution is 5.11. The van der Waals surface area contributed by atoms with Gasteiger partial charge in [-0.1, -0.05) is 0 Å². The average molecular weight is 327 g/mol. The maximum atomic E-state index is 12.9. The van der Waals surface area contributed by atoms with Crippen molar-refractivity contribution in [2.75, 3.05) is 0 Å². The molecule has 20 heavy (non-hydrogen) atoms. The molecule has 0 saturated carbocycles. The van der Waals surface area contributed by atoms with E-state index in [4.69, 9.17) is 5.11 Å². The molecule has 0 aromatic rings. The van der Waals surface area contributed by atoms with E-state index in [1.807, 2.05) is 0 Å². The third kappa shape index (κ3) is 2.79. The molecule has 0 spiro atoms. The van der Waals surface area contributed by atoms with E-state index in [2.05, 4.69) is 6.92 Å². The van der Waals surface area contributed by atoms with Gasteiger partial charge in [-0.05, 0) is 6.92 Å². The van der Waals surface area contributed by atoms with Crippen molar-refractivity contribution >= 4 is 0 Å². The summed E-state index contributed by atoms with van der Waals surface area (Å²) >= 11 is 0. The highest BCUT2D eigenvalue weighted by atomic mass is 19.4. The van der Waals surface area contributed by atoms with Crippen LogP contribution in [0.5, 0.6) is 0 Å². The molecule has 0 aromatic heterocycles. The first-order valence-corrected chi connectivity index (χ1v) is 4.51. The minimum Gasteiger partial charge on any atom is -0.393 e. The third-order valence-corrected chi connectivity index (χ3v) is 2.17. The van der Waals surface area contributed by atoms with Crippen LogP contribution < -0.4 is 0 Å². The number of aliphatic hydroxyl groups excluding tert-OH is 1. The SMILES string of the molecule is [CH2]C(O)CC(F)(F)C(F)(F)C(F)(C(F)(F)F)C(F)(F)F. The van der Waals surface area contributed by atoms with E-state index in [1.54, 1.807) is 0 Å². The van der Waals surface area contributed by atoms with Gasteiger partial charge in [0.2, 0.25) is 0 Å². The van der Waals surface area contributed by atoms with Gasteiger partial charge in [0.05, 0.1) is 6.10 Å². The van der Waals surface area contributed by atoms with Gasteiger partial charge in [-0.3, -0.25) is 0 Å². The quantitative estimate of drug-likeness (QED) is 0.781. The van der Waals surface area contributed by atoms with E-state index in [0.29, 0.717) is 0 Å². The summed E-state index contributed by atoms with van der Waals surface area (Å²) in [5.74, 6) is -13.3. The largest absolute Gasteiger partial charge is 0.438 e. The highest BCUT2D eigenvalue weighted by Gasteiger charge is 2.89. The first-order chi connectivity index (χ1) is 8.42. The molecular formula is C8H6F11O. The molecule has 0 aliphatic heterocycles. The number of aliphatic hydroxyl groups is 1. The molecule has 12 heteroatoms. The lowest BCUT2D eigenvalue weighted by Gasteiger charge is -2.39. The molecule has 121 valence electrons. The van der Waals surface area contributed by atoms with Crippen LogP contribution in [0, 0.1) is 6.92 Å². The Morgan fingerprint density at radius 3 is 1.25 bits per heavy atom. The molecule has 0 amide bonds. The Morgan fingerprint density at radius 1 is 0.750 bits per heavy atom. The number of hydrogen-bond donors (Lipinski definition) is 1. The van der Waals surface area contributed by atoms with Gasteiger partial charge in [-0.15, -0.1) is 0 Å². The van der Waals surface area contributed by atoms with E-state index >= 15 is 0 Å². The van der Waals surface area contributed by atoms with Gasteiger partial charge in [0, 0.05) is 6.42 Å². The summed E-state index contributed by atoms with van der Waals surface area (Å²) in [7, 11) is 0. The Kier molecular flexibility index (Phi) is 4.68. The van der Waals surface area contributed by atoms with Crippen LogP contribution in [-0.4, -0.2) is 41.1 Å². The summed E-state index contributed by atoms with van der Waals surface area (Å²) < 4.78 is 136. The second kappa shape index (κ2) is 4.88. The third-order valence-electron chi connectivity index (χ3n) is 2.17. The lowest BCUT2D eigenvalue weighted by Crippen LogP contribution is -2.70. The lowest BCUT2D eigenvalue weighted by molar-refractivity contribution is -0.427. The highest BCUT2D eigenvalue weighted by Crippen LogP contribution is 2.59. The molecule has 1 N–H and O–H groups in total. The minimum absolute atomic E-state index is 2.30. The van der Waals surface area contributed by atoms with E-state index in [-0.39, 0.29) is 0 Å². The van der Waals surface area contributed by atoms with Gasteiger partial charge in [0.1, 0.15) is 0 Å². The number of rotatable bonds is 4. The Balaban J connectivity index is 6.08. The van der Waals surface area contributed by atoms with Crippen LogP contribution in [0.15, 0.2) is 0 Å². The molecule has 1 radical (unpaired) electrons. The van der Waals surface area contributed by atoms with Gasteiger partial charge in [-0.2, -0.15) is 43.9 Å². The van der Waals surface area contributed by atoms with Crippen molar-refractivity contribution in [1.29, 1.82) is 0 Å². The molecule has 0 aliphatic carbocycles. The van der Waals surface area contributed by atoms with Crippen molar-refractivity contribution in [2.24, 2.45) is 0 Å². The van der Waals surface area contributed by atoms with Crippen molar-refractivity contribution in [1.82, 2.24) is 0 Å². The second-order valence-corrected chi connectivity index (χ2v) is 3.79. The minimum atomic E-state index is -7.48. The second-order valence-electron chi connectivity index (χ2n) is 3.79. The van der Waals surface area contributed by atoms with Gasteiger partial charge in [0.25, 0.3) is 0 Å². The van der Waals surface area contributed by atoms with Crippen LogP contribution in [0.1, 0.15) is 6.42 Å². The summed E-state index contributed by atoms with van der Waals surface area (Å²) in [6.07, 6.45) is -20.0. The number of alkyl halides is 11. The van der Waals surface area contributed by atoms with Crippen LogP contribution in [0.2, 0.25) is 0 Å². The summed E-state index contributed by atoms with van der Waals surface area (Å²) in [4.78, 5) is 0. The zero-order chi connectivity index (χ0) is 16.8. The van der Waals surface area contributed by atoms with Crippen molar-refractivity contribution in [2.45, 2.75) is 42.4 Å². The van der Waals surface area contributed by atoms with Crippen LogP contribution in [-0.2, 0) is 0 Å². The van der Waals surface area contributed by atoms with E-state index in [9.17, 15) is 48.3 Å². The normalized spacial score (nSPS) is 17.2. The van der Waals surface area contributed by atoms with Gasteiger partial charge < -0.3 is 5.11 Å². The fourth-order valence-corrected chi connectivity index (χ4v) is 1.19. The molecule has 0 saturated heterocycles. The lowest BCUT2D eigenvalue weighted by atomic mass is 9.88. The smallest absolute Gasteiger partial charge is 0.393 e. The first kappa shape index (κ1) is 19.2. The molecule has 1 nitrogen and oxygen atoms in total. The Hall–Kier alpha value is -0.810. The van der Waals surface area contributed by atoms with E-state index < -0.39 is 42.4 Å². The maximum Gasteiger partial charge on any atom is 0.438 e. The zero-order valence-corrected chi connectivity index (χ0v) is 9.10. The fourth-order valence-electron chi connectivity index (χ4n) is 1.19. The summed E-state index contributed by atoms with van der Waals surface area (Å²) in [6.45, 7) is 2.30. The average Bonchev–Trinajstić information content (AvgIpc) is 2.09. The van der Waals surface area contributed by atoms with Crippen LogP contribution in [0.3, 0.4) is 0 Å². The standard InChI is InChI=1S/C8H6F11O/c1-3(20)2-4(9,10)6(12,13)5(11,7(14,15)16)8(17,18)19/h3,20H,1-2H2. The zero-order valence-electron chi connectivity index (χ0n) is 9.10. The fraction of sp³-hybridized carbons (Fsp3) is 0.875. The maximum absolute atomic E-state index is 12.9. The van der Waals surface area contributed by atoms with E-state index in [1.165, 1.54) is 0 Å². The van der Waals surface area contributed by atoms with E-state index in [0.717, 1.165) is 0 Å². The van der Waals surface area contributed by atoms with Crippen LogP contribution in [0.25, 0.3) is 0 Å². The monoisotopic (exact) mass is 327 g/mol. The van der Waals surface area contributed by atoms with Crippen molar-refractivity contribution < 1.29 is 53.4 Å². The van der Waals surface area contributed by atoms with Crippen molar-refractivity contribution in [3.8, 4) is 0 Å². The molecule has 1 atom stereocenters. The topological polar surface area (TPSA) is 20.2 Å². The summed E-state index contributed by atoms with van der Waals surface area (Å²) in [5, 5.41) is 8.31. The molecule has 0 rings (SSSR count). The van der Waals surface area contributed by atoms with Crippen molar-refractivity contribution in [3.05, 3.63) is 6.92 Å². The first-order valence-electron chi connectivity index (χ1n) is 4.51. The predicted octanol–water partition coefficient (Wildman–Crippen LogP) is 3.67. The summed E-state index contributed by atoms with van der Waals surface area (Å²) in [6, 6.07) is 0. The molecule has 0 fully saturated rings. The molecule has 0 aromatic carbocycles.